The van der Waals surface area contributed by atoms with Crippen molar-refractivity contribution in [3.63, 3.8) is 0 Å². The molecule has 0 spiro atoms. The van der Waals surface area contributed by atoms with E-state index in [1.807, 2.05) is 32.0 Å². The molecule has 1 amide bonds. The van der Waals surface area contributed by atoms with Crippen molar-refractivity contribution in [2.45, 2.75) is 51.6 Å². The molecule has 0 saturated carbocycles. The van der Waals surface area contributed by atoms with E-state index in [4.69, 9.17) is 0 Å². The van der Waals surface area contributed by atoms with Crippen LogP contribution in [0.3, 0.4) is 0 Å². The Balaban J connectivity index is 1.65. The van der Waals surface area contributed by atoms with Crippen LogP contribution in [0, 0.1) is 6.92 Å². The summed E-state index contributed by atoms with van der Waals surface area (Å²) in [5.74, 6) is 0.0195. The average molecular weight is 380 g/mol. The molecule has 28 heavy (non-hydrogen) atoms. The summed E-state index contributed by atoms with van der Waals surface area (Å²) >= 11 is 0. The lowest BCUT2D eigenvalue weighted by atomic mass is 10.00. The van der Waals surface area contributed by atoms with E-state index in [-0.39, 0.29) is 11.9 Å². The molecular formula is C24H33N3O. The van der Waals surface area contributed by atoms with E-state index >= 15 is 0 Å². The van der Waals surface area contributed by atoms with Gasteiger partial charge < -0.3 is 10.6 Å². The first-order chi connectivity index (χ1) is 13.5. The first-order valence-corrected chi connectivity index (χ1v) is 10.4. The third-order valence-corrected chi connectivity index (χ3v) is 5.55. The Morgan fingerprint density at radius 2 is 1.64 bits per heavy atom. The average Bonchev–Trinajstić information content (AvgIpc) is 2.71. The molecule has 150 valence electrons. The van der Waals surface area contributed by atoms with Crippen LogP contribution in [0.4, 0.5) is 5.69 Å². The van der Waals surface area contributed by atoms with Gasteiger partial charge in [0.05, 0.1) is 6.04 Å². The summed E-state index contributed by atoms with van der Waals surface area (Å²) in [5.41, 5.74) is 2.76. The summed E-state index contributed by atoms with van der Waals surface area (Å²) in [4.78, 5) is 15.5. The molecule has 1 fully saturated rings. The maximum Gasteiger partial charge on any atom is 0.245 e. The Hall–Kier alpha value is -2.33. The van der Waals surface area contributed by atoms with Crippen molar-refractivity contribution in [2.75, 3.05) is 25.0 Å². The third kappa shape index (κ3) is 5.35. The zero-order valence-corrected chi connectivity index (χ0v) is 17.4. The molecule has 0 aliphatic carbocycles. The minimum Gasteiger partial charge on any atom is -0.372 e. The monoisotopic (exact) mass is 379 g/mol. The van der Waals surface area contributed by atoms with E-state index in [1.54, 1.807) is 0 Å². The smallest absolute Gasteiger partial charge is 0.245 e. The SMILES string of the molecule is Cc1ccc(NC(C)(C)C(=O)NCC(c2ccccc2)N2CCCCC2)cc1. The molecule has 0 aromatic heterocycles. The number of rotatable bonds is 7. The molecule has 0 bridgehead atoms. The van der Waals surface area contributed by atoms with Gasteiger partial charge in [0.2, 0.25) is 5.91 Å². The largest absolute Gasteiger partial charge is 0.372 e. The lowest BCUT2D eigenvalue weighted by Crippen LogP contribution is -2.50. The van der Waals surface area contributed by atoms with Crippen molar-refractivity contribution >= 4 is 11.6 Å². The Labute approximate surface area is 169 Å². The second-order valence-electron chi connectivity index (χ2n) is 8.35. The van der Waals surface area contributed by atoms with Crippen LogP contribution in [0.5, 0.6) is 0 Å². The van der Waals surface area contributed by atoms with Gasteiger partial charge in [-0.15, -0.1) is 0 Å². The van der Waals surface area contributed by atoms with Gasteiger partial charge >= 0.3 is 0 Å². The highest BCUT2D eigenvalue weighted by Crippen LogP contribution is 2.24. The Morgan fingerprint density at radius 1 is 1.00 bits per heavy atom. The van der Waals surface area contributed by atoms with Gasteiger partial charge in [0.15, 0.2) is 0 Å². The van der Waals surface area contributed by atoms with Crippen molar-refractivity contribution in [1.29, 1.82) is 0 Å². The number of benzene rings is 2. The summed E-state index contributed by atoms with van der Waals surface area (Å²) < 4.78 is 0. The van der Waals surface area contributed by atoms with Crippen molar-refractivity contribution in [3.8, 4) is 0 Å². The maximum atomic E-state index is 13.0. The number of carbonyl (C=O) groups excluding carboxylic acids is 1. The summed E-state index contributed by atoms with van der Waals surface area (Å²) in [6.07, 6.45) is 3.77. The summed E-state index contributed by atoms with van der Waals surface area (Å²) in [6, 6.07) is 18.9. The first-order valence-electron chi connectivity index (χ1n) is 10.4. The van der Waals surface area contributed by atoms with Crippen LogP contribution < -0.4 is 10.6 Å². The molecular weight excluding hydrogens is 346 g/mol. The van der Waals surface area contributed by atoms with Crippen molar-refractivity contribution in [3.05, 3.63) is 65.7 Å². The number of hydrogen-bond donors (Lipinski definition) is 2. The van der Waals surface area contributed by atoms with Crippen molar-refractivity contribution < 1.29 is 4.79 Å². The zero-order chi connectivity index (χ0) is 20.0. The predicted octanol–water partition coefficient (Wildman–Crippen LogP) is 4.53. The van der Waals surface area contributed by atoms with Crippen LogP contribution >= 0.6 is 0 Å². The van der Waals surface area contributed by atoms with E-state index in [0.717, 1.165) is 18.8 Å². The molecule has 4 nitrogen and oxygen atoms in total. The van der Waals surface area contributed by atoms with Gasteiger partial charge in [0.1, 0.15) is 5.54 Å². The number of anilines is 1. The number of nitrogens with one attached hydrogen (secondary N) is 2. The fourth-order valence-electron chi connectivity index (χ4n) is 3.83. The quantitative estimate of drug-likeness (QED) is 0.743. The Bertz CT molecular complexity index is 749. The zero-order valence-electron chi connectivity index (χ0n) is 17.4. The van der Waals surface area contributed by atoms with E-state index in [2.05, 4.69) is 58.9 Å². The summed E-state index contributed by atoms with van der Waals surface area (Å²) in [6.45, 7) is 8.75. The first kappa shape index (κ1) is 20.4. The molecule has 1 heterocycles. The molecule has 1 aliphatic heterocycles. The molecule has 1 unspecified atom stereocenters. The Kier molecular flexibility index (Phi) is 6.74. The lowest BCUT2D eigenvalue weighted by Gasteiger charge is -2.36. The fraction of sp³-hybridized carbons (Fsp3) is 0.458. The molecule has 2 N–H and O–H groups in total. The molecule has 1 saturated heterocycles. The lowest BCUT2D eigenvalue weighted by molar-refractivity contribution is -0.124. The maximum absolute atomic E-state index is 13.0. The van der Waals surface area contributed by atoms with Gasteiger partial charge in [-0.25, -0.2) is 0 Å². The Morgan fingerprint density at radius 3 is 2.29 bits per heavy atom. The number of hydrogen-bond acceptors (Lipinski definition) is 3. The van der Waals surface area contributed by atoms with Gasteiger partial charge in [-0.05, 0) is 64.4 Å². The summed E-state index contributed by atoms with van der Waals surface area (Å²) in [7, 11) is 0. The van der Waals surface area contributed by atoms with Crippen LogP contribution in [0.1, 0.15) is 50.3 Å². The van der Waals surface area contributed by atoms with Gasteiger partial charge in [-0.3, -0.25) is 9.69 Å². The number of likely N-dealkylation sites (tertiary alicyclic amines) is 1. The number of aryl methyl sites for hydroxylation is 1. The number of carbonyl (C=O) groups is 1. The fourth-order valence-corrected chi connectivity index (χ4v) is 3.83. The van der Waals surface area contributed by atoms with Crippen LogP contribution in [-0.4, -0.2) is 36.0 Å². The highest BCUT2D eigenvalue weighted by Gasteiger charge is 2.29. The van der Waals surface area contributed by atoms with E-state index < -0.39 is 5.54 Å². The van der Waals surface area contributed by atoms with Crippen molar-refractivity contribution in [2.24, 2.45) is 0 Å². The molecule has 0 radical (unpaired) electrons. The van der Waals surface area contributed by atoms with Gasteiger partial charge in [0, 0.05) is 12.2 Å². The van der Waals surface area contributed by atoms with Crippen LogP contribution in [0.2, 0.25) is 0 Å². The van der Waals surface area contributed by atoms with Gasteiger partial charge in [-0.2, -0.15) is 0 Å². The van der Waals surface area contributed by atoms with Crippen LogP contribution in [0.15, 0.2) is 54.6 Å². The molecule has 1 atom stereocenters. The molecule has 2 aromatic carbocycles. The molecule has 4 heteroatoms. The normalized spacial score (nSPS) is 16.4. The van der Waals surface area contributed by atoms with E-state index in [1.165, 1.54) is 30.4 Å². The predicted molar refractivity (Wildman–Crippen MR) is 116 cm³/mol. The van der Waals surface area contributed by atoms with Crippen LogP contribution in [0.25, 0.3) is 0 Å². The second kappa shape index (κ2) is 9.24. The second-order valence-corrected chi connectivity index (χ2v) is 8.35. The minimum atomic E-state index is -0.682. The minimum absolute atomic E-state index is 0.0195. The molecule has 3 rings (SSSR count). The van der Waals surface area contributed by atoms with E-state index in [0.29, 0.717) is 6.54 Å². The molecule has 2 aromatic rings. The standard InChI is InChI=1S/C24H33N3O/c1-19-12-14-21(15-13-19)26-24(2,3)23(28)25-18-22(20-10-6-4-7-11-20)27-16-8-5-9-17-27/h4,6-7,10-15,22,26H,5,8-9,16-18H2,1-3H3,(H,25,28). The number of nitrogens with zero attached hydrogens (tertiary/aromatic N) is 1. The highest BCUT2D eigenvalue weighted by atomic mass is 16.2. The van der Waals surface area contributed by atoms with Gasteiger partial charge in [-0.1, -0.05) is 54.4 Å². The highest BCUT2D eigenvalue weighted by molar-refractivity contribution is 5.88. The number of piperidine rings is 1. The summed E-state index contributed by atoms with van der Waals surface area (Å²) in [5, 5.41) is 6.57. The van der Waals surface area contributed by atoms with Crippen molar-refractivity contribution in [1.82, 2.24) is 10.2 Å². The third-order valence-electron chi connectivity index (χ3n) is 5.55. The van der Waals surface area contributed by atoms with E-state index in [9.17, 15) is 4.79 Å². The number of amides is 1. The van der Waals surface area contributed by atoms with Gasteiger partial charge in [0.25, 0.3) is 0 Å². The van der Waals surface area contributed by atoms with Crippen LogP contribution in [-0.2, 0) is 4.79 Å². The molecule has 1 aliphatic rings. The topological polar surface area (TPSA) is 44.4 Å².